The standard InChI is InChI=1S/C13H17F3.C12H18O.C11H16.C10H11F3.2C10H14O.2C9H11FO/c1-8-6-10(12(3,4)5)7-11(9(8)2)13(14,15)16;1-8(2)12-7-11(13-5)6-9(3)10(12)4;1-8(2)11-7-5-6-9(3)10(11)4;1-6-4-7(2)8(3)9(5-6)10(11,12)13;2*1-7-5-10(11-4)6-8(2)9(7)3;2*1-6-4-8(11-3)5-9(10)7(6)2/h6-7H,1-5H3;6-8H,1-5H3;5-8H,1-4H3;4-5H,1-3H3;2*5-6H,1-4H3;2*4-5H,1-3H3. The summed E-state index contributed by atoms with van der Waals surface area (Å²) in [6, 6.07) is 31.4. The molecule has 8 rings (SSSR count). The van der Waals surface area contributed by atoms with Crippen molar-refractivity contribution in [3.8, 4) is 28.7 Å². The molecular weight excluding hydrogens is 1240 g/mol. The van der Waals surface area contributed by atoms with Gasteiger partial charge in [-0.15, -0.1) is 0 Å². The maximum atomic E-state index is 12.9. The Morgan fingerprint density at radius 2 is 0.567 bits per heavy atom. The molecule has 0 heterocycles. The summed E-state index contributed by atoms with van der Waals surface area (Å²) in [6.45, 7) is 51.3. The van der Waals surface area contributed by atoms with Crippen molar-refractivity contribution in [2.75, 3.05) is 35.5 Å². The average molecular weight is 1350 g/mol. The van der Waals surface area contributed by atoms with Crippen LogP contribution < -0.4 is 23.7 Å². The van der Waals surface area contributed by atoms with E-state index in [2.05, 4.69) is 152 Å². The quantitative estimate of drug-likeness (QED) is 0.149. The van der Waals surface area contributed by atoms with E-state index in [0.29, 0.717) is 62.3 Å². The predicted octanol–water partition coefficient (Wildman–Crippen LogP) is 25.3. The summed E-state index contributed by atoms with van der Waals surface area (Å²) in [5.74, 6) is 4.81. The summed E-state index contributed by atoms with van der Waals surface area (Å²) in [5, 5.41) is 0. The lowest BCUT2D eigenvalue weighted by atomic mass is 9.83. The van der Waals surface area contributed by atoms with E-state index in [0.717, 1.165) is 33.9 Å². The van der Waals surface area contributed by atoms with Gasteiger partial charge in [0.1, 0.15) is 40.4 Å². The Balaban J connectivity index is 0.000000556. The van der Waals surface area contributed by atoms with E-state index in [9.17, 15) is 35.1 Å². The Hall–Kier alpha value is -7.80. The molecule has 534 valence electrons. The van der Waals surface area contributed by atoms with E-state index in [1.54, 1.807) is 62.0 Å². The molecule has 5 nitrogen and oxygen atoms in total. The van der Waals surface area contributed by atoms with Crippen molar-refractivity contribution in [1.82, 2.24) is 0 Å². The molecule has 0 saturated heterocycles. The van der Waals surface area contributed by atoms with Crippen molar-refractivity contribution in [2.45, 2.75) is 210 Å². The Morgan fingerprint density at radius 1 is 0.289 bits per heavy atom. The first-order valence-corrected chi connectivity index (χ1v) is 32.5. The van der Waals surface area contributed by atoms with Crippen LogP contribution in [0, 0.1) is 143 Å². The number of hydrogen-bond donors (Lipinski definition) is 0. The summed E-state index contributed by atoms with van der Waals surface area (Å²) in [6.07, 6.45) is -8.50. The first-order chi connectivity index (χ1) is 44.6. The van der Waals surface area contributed by atoms with Crippen molar-refractivity contribution >= 4 is 0 Å². The van der Waals surface area contributed by atoms with Gasteiger partial charge in [-0.05, 0) is 326 Å². The maximum Gasteiger partial charge on any atom is 0.416 e. The number of hydrogen-bond acceptors (Lipinski definition) is 5. The lowest BCUT2D eigenvalue weighted by molar-refractivity contribution is -0.139. The second-order valence-corrected chi connectivity index (χ2v) is 26.6. The van der Waals surface area contributed by atoms with Gasteiger partial charge in [-0.1, -0.05) is 84.4 Å². The molecule has 0 fully saturated rings. The van der Waals surface area contributed by atoms with Gasteiger partial charge >= 0.3 is 12.4 Å². The van der Waals surface area contributed by atoms with Crippen LogP contribution in [-0.4, -0.2) is 35.5 Å². The second kappa shape index (κ2) is 39.0. The predicted molar refractivity (Wildman–Crippen MR) is 391 cm³/mol. The van der Waals surface area contributed by atoms with Gasteiger partial charge in [-0.2, -0.15) is 26.3 Å². The van der Waals surface area contributed by atoms with Crippen LogP contribution in [-0.2, 0) is 17.8 Å². The van der Waals surface area contributed by atoms with Gasteiger partial charge < -0.3 is 23.7 Å². The Kier molecular flexibility index (Phi) is 35.0. The molecule has 0 aliphatic rings. The zero-order chi connectivity index (χ0) is 75.1. The zero-order valence-electron chi connectivity index (χ0n) is 64.0. The number of aryl methyl sites for hydroxylation is 11. The molecule has 0 saturated carbocycles. The molecule has 0 aliphatic heterocycles. The topological polar surface area (TPSA) is 46.2 Å². The molecule has 0 amide bonds. The Labute approximate surface area is 578 Å². The fourth-order valence-electron chi connectivity index (χ4n) is 9.92. The molecule has 97 heavy (non-hydrogen) atoms. The number of halogens is 8. The Bertz CT molecular complexity index is 3500. The molecule has 0 aliphatic carbocycles. The SMILES string of the molecule is COc1cc(C)c(C)c(C(C)C)c1.COc1cc(C)c(C)c(C)c1.COc1cc(C)c(C)c(C)c1.COc1cc(C)c(C)c(F)c1.COc1cc(C)c(C)c(F)c1.Cc1cc(C(C)(C)C)cc(C(F)(F)F)c1C.Cc1cc(C)c(C)c(C(F)(F)F)c1.Cc1cccc(C(C)C)c1C. The highest BCUT2D eigenvalue weighted by Gasteiger charge is 2.35. The minimum atomic E-state index is -4.27. The lowest BCUT2D eigenvalue weighted by Crippen LogP contribution is -2.16. The van der Waals surface area contributed by atoms with E-state index in [1.165, 1.54) is 119 Å². The first-order valence-electron chi connectivity index (χ1n) is 32.5. The van der Waals surface area contributed by atoms with Gasteiger partial charge in [0, 0.05) is 12.1 Å². The van der Waals surface area contributed by atoms with Crippen LogP contribution in [0.5, 0.6) is 28.7 Å². The number of ether oxygens (including phenoxy) is 5. The zero-order valence-corrected chi connectivity index (χ0v) is 64.0. The summed E-state index contributed by atoms with van der Waals surface area (Å²) < 4.78 is 127. The molecule has 0 radical (unpaired) electrons. The van der Waals surface area contributed by atoms with Gasteiger partial charge in [-0.25, -0.2) is 8.78 Å². The van der Waals surface area contributed by atoms with Crippen molar-refractivity contribution in [3.63, 3.8) is 0 Å². The minimum absolute atomic E-state index is 0.207. The van der Waals surface area contributed by atoms with Crippen molar-refractivity contribution in [2.24, 2.45) is 0 Å². The normalized spacial score (nSPS) is 10.8. The number of benzene rings is 8. The van der Waals surface area contributed by atoms with Crippen LogP contribution >= 0.6 is 0 Å². The van der Waals surface area contributed by atoms with Gasteiger partial charge in [0.05, 0.1) is 46.7 Å². The van der Waals surface area contributed by atoms with E-state index in [4.69, 9.17) is 23.7 Å². The molecule has 13 heteroatoms. The molecule has 8 aromatic rings. The first kappa shape index (κ1) is 87.2. The van der Waals surface area contributed by atoms with E-state index < -0.39 is 23.5 Å². The van der Waals surface area contributed by atoms with Crippen LogP contribution in [0.4, 0.5) is 35.1 Å². The minimum Gasteiger partial charge on any atom is -0.497 e. The molecule has 0 spiro atoms. The third-order valence-electron chi connectivity index (χ3n) is 17.7. The molecule has 0 N–H and O–H groups in total. The van der Waals surface area contributed by atoms with Gasteiger partial charge in [-0.3, -0.25) is 0 Å². The molecule has 0 atom stereocenters. The third kappa shape index (κ3) is 27.6. The number of methoxy groups -OCH3 is 5. The summed E-state index contributed by atoms with van der Waals surface area (Å²) in [5.41, 5.74) is 21.6. The van der Waals surface area contributed by atoms with Crippen molar-refractivity contribution < 1.29 is 58.8 Å². The fraction of sp³-hybridized carbons (Fsp3) is 0.429. The van der Waals surface area contributed by atoms with Crippen LogP contribution in [0.15, 0.2) is 103 Å². The smallest absolute Gasteiger partial charge is 0.416 e. The monoisotopic (exact) mass is 1350 g/mol. The molecule has 0 bridgehead atoms. The largest absolute Gasteiger partial charge is 0.497 e. The van der Waals surface area contributed by atoms with Crippen LogP contribution in [0.1, 0.15) is 194 Å². The van der Waals surface area contributed by atoms with E-state index >= 15 is 0 Å². The summed E-state index contributed by atoms with van der Waals surface area (Å²) in [7, 11) is 8.18. The highest BCUT2D eigenvalue weighted by Crippen LogP contribution is 2.37. The second-order valence-electron chi connectivity index (χ2n) is 26.6. The fourth-order valence-corrected chi connectivity index (χ4v) is 9.92. The third-order valence-corrected chi connectivity index (χ3v) is 17.7. The van der Waals surface area contributed by atoms with Crippen molar-refractivity contribution in [1.29, 1.82) is 0 Å². The molecule has 8 aromatic carbocycles. The van der Waals surface area contributed by atoms with E-state index in [1.807, 2.05) is 52.8 Å². The molecular formula is C84H112F8O5. The van der Waals surface area contributed by atoms with Crippen LogP contribution in [0.2, 0.25) is 0 Å². The highest BCUT2D eigenvalue weighted by atomic mass is 19.4. The summed E-state index contributed by atoms with van der Waals surface area (Å²) in [4.78, 5) is 0. The Morgan fingerprint density at radius 3 is 0.866 bits per heavy atom. The van der Waals surface area contributed by atoms with Gasteiger partial charge in [0.15, 0.2) is 0 Å². The lowest BCUT2D eigenvalue weighted by Gasteiger charge is -2.23. The van der Waals surface area contributed by atoms with Gasteiger partial charge in [0.2, 0.25) is 0 Å². The molecule has 0 aromatic heterocycles. The maximum absolute atomic E-state index is 12.9. The van der Waals surface area contributed by atoms with Crippen LogP contribution in [0.25, 0.3) is 0 Å². The number of rotatable bonds is 7. The van der Waals surface area contributed by atoms with Gasteiger partial charge in [0.25, 0.3) is 0 Å². The average Bonchev–Trinajstić information content (AvgIpc) is 0.811. The number of alkyl halides is 6. The summed E-state index contributed by atoms with van der Waals surface area (Å²) >= 11 is 0. The molecule has 0 unspecified atom stereocenters. The van der Waals surface area contributed by atoms with Crippen molar-refractivity contribution in [3.05, 3.63) is 248 Å². The highest BCUT2D eigenvalue weighted by molar-refractivity contribution is 5.45. The van der Waals surface area contributed by atoms with Crippen LogP contribution in [0.3, 0.4) is 0 Å². The van der Waals surface area contributed by atoms with E-state index in [-0.39, 0.29) is 17.0 Å².